The van der Waals surface area contributed by atoms with E-state index in [2.05, 4.69) is 19.1 Å². The average molecular weight is 300 g/mol. The van der Waals surface area contributed by atoms with Crippen molar-refractivity contribution in [1.82, 2.24) is 9.80 Å². The zero-order valence-electron chi connectivity index (χ0n) is 13.4. The molecule has 3 rings (SSSR count). The van der Waals surface area contributed by atoms with Crippen LogP contribution in [0.5, 0.6) is 0 Å². The van der Waals surface area contributed by atoms with Crippen LogP contribution in [0.1, 0.15) is 38.7 Å². The molecule has 22 heavy (non-hydrogen) atoms. The Hall–Kier alpha value is -1.84. The van der Waals surface area contributed by atoms with Crippen LogP contribution in [-0.4, -0.2) is 46.3 Å². The molecule has 1 aromatic carbocycles. The molecule has 2 heterocycles. The first kappa shape index (κ1) is 15.1. The molecule has 0 aliphatic carbocycles. The second kappa shape index (κ2) is 6.11. The molecule has 0 aromatic heterocycles. The Morgan fingerprint density at radius 3 is 2.64 bits per heavy atom. The van der Waals surface area contributed by atoms with E-state index in [1.165, 1.54) is 5.56 Å². The number of hydrogen-bond donors (Lipinski definition) is 0. The standard InChI is InChI=1S/C18H24N2O2/c1-13(10-11-15-7-4-3-5-8-15)20-14(2)17(21)19-12-6-9-16(19)18(20)22/h3-5,7-8,13-14,16H,6,9-12H2,1-2H3/t13-,14+,16?/m1/s1. The molecular formula is C18H24N2O2. The SMILES string of the molecule is C[C@H](CCc1ccccc1)N1C(=O)C2CCCN2C(=O)[C@@H]1C. The summed E-state index contributed by atoms with van der Waals surface area (Å²) in [6.07, 6.45) is 3.58. The van der Waals surface area contributed by atoms with Crippen LogP contribution in [0.2, 0.25) is 0 Å². The molecule has 0 bridgehead atoms. The maximum absolute atomic E-state index is 12.7. The number of rotatable bonds is 4. The summed E-state index contributed by atoms with van der Waals surface area (Å²) in [7, 11) is 0. The molecule has 0 saturated carbocycles. The largest absolute Gasteiger partial charge is 0.329 e. The van der Waals surface area contributed by atoms with Crippen molar-refractivity contribution in [2.75, 3.05) is 6.54 Å². The van der Waals surface area contributed by atoms with Gasteiger partial charge in [-0.15, -0.1) is 0 Å². The average Bonchev–Trinajstić information content (AvgIpc) is 3.02. The lowest BCUT2D eigenvalue weighted by atomic mass is 9.99. The molecule has 2 fully saturated rings. The van der Waals surface area contributed by atoms with E-state index in [-0.39, 0.29) is 29.9 Å². The van der Waals surface area contributed by atoms with E-state index < -0.39 is 0 Å². The van der Waals surface area contributed by atoms with Crippen molar-refractivity contribution in [1.29, 1.82) is 0 Å². The summed E-state index contributed by atoms with van der Waals surface area (Å²) in [6, 6.07) is 9.86. The molecule has 2 amide bonds. The molecule has 0 radical (unpaired) electrons. The van der Waals surface area contributed by atoms with Gasteiger partial charge in [0.05, 0.1) is 0 Å². The quantitative estimate of drug-likeness (QED) is 0.855. The second-order valence-electron chi connectivity index (χ2n) is 6.48. The van der Waals surface area contributed by atoms with Gasteiger partial charge in [-0.25, -0.2) is 0 Å². The number of aryl methyl sites for hydroxylation is 1. The number of carbonyl (C=O) groups excluding carboxylic acids is 2. The van der Waals surface area contributed by atoms with Gasteiger partial charge in [0.2, 0.25) is 11.8 Å². The molecule has 1 aromatic rings. The van der Waals surface area contributed by atoms with Crippen molar-refractivity contribution < 1.29 is 9.59 Å². The number of hydrogen-bond acceptors (Lipinski definition) is 2. The summed E-state index contributed by atoms with van der Waals surface area (Å²) < 4.78 is 0. The first-order valence-corrected chi connectivity index (χ1v) is 8.26. The number of piperazine rings is 1. The molecule has 0 spiro atoms. The third kappa shape index (κ3) is 2.62. The van der Waals surface area contributed by atoms with Gasteiger partial charge in [0.15, 0.2) is 0 Å². The Morgan fingerprint density at radius 1 is 1.18 bits per heavy atom. The molecule has 2 aliphatic rings. The highest BCUT2D eigenvalue weighted by Crippen LogP contribution is 2.29. The van der Waals surface area contributed by atoms with Gasteiger partial charge in [-0.2, -0.15) is 0 Å². The van der Waals surface area contributed by atoms with Crippen LogP contribution < -0.4 is 0 Å². The lowest BCUT2D eigenvalue weighted by molar-refractivity contribution is -0.161. The minimum Gasteiger partial charge on any atom is -0.329 e. The highest BCUT2D eigenvalue weighted by Gasteiger charge is 2.47. The third-order valence-corrected chi connectivity index (χ3v) is 5.02. The predicted octanol–water partition coefficient (Wildman–Crippen LogP) is 2.23. The van der Waals surface area contributed by atoms with Crippen molar-refractivity contribution in [3.05, 3.63) is 35.9 Å². The number of amides is 2. The highest BCUT2D eigenvalue weighted by atomic mass is 16.2. The van der Waals surface area contributed by atoms with E-state index in [0.29, 0.717) is 0 Å². The van der Waals surface area contributed by atoms with Gasteiger partial charge in [0, 0.05) is 12.6 Å². The zero-order chi connectivity index (χ0) is 15.7. The molecular weight excluding hydrogens is 276 g/mol. The topological polar surface area (TPSA) is 40.6 Å². The van der Waals surface area contributed by atoms with E-state index in [9.17, 15) is 9.59 Å². The van der Waals surface area contributed by atoms with Crippen molar-refractivity contribution in [3.8, 4) is 0 Å². The molecule has 4 heteroatoms. The molecule has 4 nitrogen and oxygen atoms in total. The summed E-state index contributed by atoms with van der Waals surface area (Å²) in [5.41, 5.74) is 1.28. The van der Waals surface area contributed by atoms with Crippen molar-refractivity contribution in [3.63, 3.8) is 0 Å². The molecule has 2 saturated heterocycles. The number of carbonyl (C=O) groups is 2. The van der Waals surface area contributed by atoms with Crippen molar-refractivity contribution in [2.24, 2.45) is 0 Å². The smallest absolute Gasteiger partial charge is 0.246 e. The Labute approximate surface area is 132 Å². The van der Waals surface area contributed by atoms with E-state index >= 15 is 0 Å². The molecule has 2 aliphatic heterocycles. The summed E-state index contributed by atoms with van der Waals surface area (Å²) >= 11 is 0. The molecule has 0 N–H and O–H groups in total. The summed E-state index contributed by atoms with van der Waals surface area (Å²) in [4.78, 5) is 28.8. The number of benzene rings is 1. The van der Waals surface area contributed by atoms with E-state index in [4.69, 9.17) is 0 Å². The zero-order valence-corrected chi connectivity index (χ0v) is 13.4. The van der Waals surface area contributed by atoms with Crippen molar-refractivity contribution >= 4 is 11.8 Å². The van der Waals surface area contributed by atoms with Crippen LogP contribution >= 0.6 is 0 Å². The Morgan fingerprint density at radius 2 is 1.91 bits per heavy atom. The van der Waals surface area contributed by atoms with E-state index in [1.54, 1.807) is 4.90 Å². The summed E-state index contributed by atoms with van der Waals surface area (Å²) in [6.45, 7) is 4.68. The van der Waals surface area contributed by atoms with Gasteiger partial charge in [-0.1, -0.05) is 30.3 Å². The van der Waals surface area contributed by atoms with Gasteiger partial charge in [-0.05, 0) is 45.1 Å². The predicted molar refractivity (Wildman–Crippen MR) is 85.3 cm³/mol. The van der Waals surface area contributed by atoms with Gasteiger partial charge < -0.3 is 9.80 Å². The van der Waals surface area contributed by atoms with Crippen LogP contribution in [0.25, 0.3) is 0 Å². The molecule has 1 unspecified atom stereocenters. The van der Waals surface area contributed by atoms with Crippen LogP contribution in [0.4, 0.5) is 0 Å². The Bertz CT molecular complexity index is 557. The van der Waals surface area contributed by atoms with E-state index in [1.807, 2.05) is 30.0 Å². The van der Waals surface area contributed by atoms with Gasteiger partial charge in [0.25, 0.3) is 0 Å². The van der Waals surface area contributed by atoms with Crippen LogP contribution in [0, 0.1) is 0 Å². The van der Waals surface area contributed by atoms with Crippen LogP contribution in [0.15, 0.2) is 30.3 Å². The molecule has 3 atom stereocenters. The summed E-state index contributed by atoms with van der Waals surface area (Å²) in [5, 5.41) is 0. The number of fused-ring (bicyclic) bond motifs is 1. The monoisotopic (exact) mass is 300 g/mol. The Kier molecular flexibility index (Phi) is 4.19. The Balaban J connectivity index is 1.69. The van der Waals surface area contributed by atoms with Gasteiger partial charge >= 0.3 is 0 Å². The fourth-order valence-corrected chi connectivity index (χ4v) is 3.77. The fourth-order valence-electron chi connectivity index (χ4n) is 3.77. The minimum atomic E-state index is -0.326. The third-order valence-electron chi connectivity index (χ3n) is 5.02. The lowest BCUT2D eigenvalue weighted by Gasteiger charge is -2.44. The molecule has 118 valence electrons. The normalized spacial score (nSPS) is 26.3. The highest BCUT2D eigenvalue weighted by molar-refractivity contribution is 5.97. The van der Waals surface area contributed by atoms with E-state index in [0.717, 1.165) is 32.2 Å². The fraction of sp³-hybridized carbons (Fsp3) is 0.556. The van der Waals surface area contributed by atoms with Gasteiger partial charge in [0.1, 0.15) is 12.1 Å². The van der Waals surface area contributed by atoms with Crippen LogP contribution in [0.3, 0.4) is 0 Å². The first-order valence-electron chi connectivity index (χ1n) is 8.26. The number of nitrogens with zero attached hydrogens (tertiary/aromatic N) is 2. The summed E-state index contributed by atoms with van der Waals surface area (Å²) in [5.74, 6) is 0.263. The minimum absolute atomic E-state index is 0.0920. The van der Waals surface area contributed by atoms with Crippen LogP contribution in [-0.2, 0) is 16.0 Å². The maximum Gasteiger partial charge on any atom is 0.246 e. The van der Waals surface area contributed by atoms with Gasteiger partial charge in [-0.3, -0.25) is 9.59 Å². The lowest BCUT2D eigenvalue weighted by Crippen LogP contribution is -2.63. The second-order valence-corrected chi connectivity index (χ2v) is 6.48. The maximum atomic E-state index is 12.7. The van der Waals surface area contributed by atoms with Crippen molar-refractivity contribution in [2.45, 2.75) is 57.7 Å². The first-order chi connectivity index (χ1) is 10.6.